The van der Waals surface area contributed by atoms with Crippen LogP contribution >= 0.6 is 11.6 Å². The first-order valence-electron chi connectivity index (χ1n) is 14.5. The van der Waals surface area contributed by atoms with Gasteiger partial charge in [-0.2, -0.15) is 0 Å². The SMILES string of the molecule is CC[C@H](c1nc2ccc(C(=O)O)cc2n1CC1CCO1)N1CCC(c2cccc(OCc3ccc(Cl)cc3F)n2)CC1. The van der Waals surface area contributed by atoms with E-state index >= 15 is 0 Å². The van der Waals surface area contributed by atoms with E-state index in [1.807, 2.05) is 12.1 Å². The Labute approximate surface area is 249 Å². The Bertz CT molecular complexity index is 1580. The van der Waals surface area contributed by atoms with Crippen LogP contribution in [-0.4, -0.2) is 56.3 Å². The highest BCUT2D eigenvalue weighted by atomic mass is 35.5. The van der Waals surface area contributed by atoms with Gasteiger partial charge in [-0.1, -0.05) is 30.7 Å². The number of nitrogens with zero attached hydrogens (tertiary/aromatic N) is 4. The van der Waals surface area contributed by atoms with Crippen LogP contribution < -0.4 is 4.74 Å². The Morgan fingerprint density at radius 2 is 1.95 bits per heavy atom. The average Bonchev–Trinajstić information content (AvgIpc) is 3.32. The summed E-state index contributed by atoms with van der Waals surface area (Å²) in [5.41, 5.74) is 3.32. The first kappa shape index (κ1) is 28.6. The summed E-state index contributed by atoms with van der Waals surface area (Å²) in [5, 5.41) is 9.94. The molecule has 0 bridgehead atoms. The van der Waals surface area contributed by atoms with Gasteiger partial charge in [0.15, 0.2) is 0 Å². The number of rotatable bonds is 10. The van der Waals surface area contributed by atoms with Crippen LogP contribution in [0, 0.1) is 5.82 Å². The van der Waals surface area contributed by atoms with Gasteiger partial charge in [0, 0.05) is 34.9 Å². The molecule has 4 aromatic rings. The number of piperidine rings is 1. The standard InChI is InChI=1S/C32H34ClFN4O4/c1-2-28(31-36-27-9-7-21(32(39)40)16-29(27)38(31)18-24-12-15-41-24)37-13-10-20(11-14-37)26-4-3-5-30(35-26)42-19-22-6-8-23(33)17-25(22)34/h3-9,16-17,20,24,28H,2,10-15,18-19H2,1H3,(H,39,40)/t24?,28-/m1/s1. The van der Waals surface area contributed by atoms with Crippen LogP contribution in [0.2, 0.25) is 5.02 Å². The van der Waals surface area contributed by atoms with Gasteiger partial charge in [-0.3, -0.25) is 4.90 Å². The number of halogens is 2. The normalized spacial score (nSPS) is 18.6. The predicted molar refractivity (Wildman–Crippen MR) is 158 cm³/mol. The molecule has 2 aromatic carbocycles. The zero-order valence-electron chi connectivity index (χ0n) is 23.5. The highest BCUT2D eigenvalue weighted by Crippen LogP contribution is 2.35. The largest absolute Gasteiger partial charge is 0.478 e. The van der Waals surface area contributed by atoms with E-state index in [1.54, 1.807) is 36.4 Å². The molecule has 8 nitrogen and oxygen atoms in total. The monoisotopic (exact) mass is 592 g/mol. The number of benzene rings is 2. The van der Waals surface area contributed by atoms with Crippen molar-refractivity contribution >= 4 is 28.6 Å². The third-order valence-electron chi connectivity index (χ3n) is 8.41. The minimum Gasteiger partial charge on any atom is -0.478 e. The number of aromatic carboxylic acids is 1. The van der Waals surface area contributed by atoms with Gasteiger partial charge in [-0.25, -0.2) is 19.2 Å². The summed E-state index contributed by atoms with van der Waals surface area (Å²) in [4.78, 5) is 24.0. The molecule has 4 heterocycles. The number of fused-ring (bicyclic) bond motifs is 1. The molecule has 2 atom stereocenters. The summed E-state index contributed by atoms with van der Waals surface area (Å²) < 4.78 is 27.9. The summed E-state index contributed by atoms with van der Waals surface area (Å²) in [6, 6.07) is 15.6. The molecule has 42 heavy (non-hydrogen) atoms. The lowest BCUT2D eigenvalue weighted by Crippen LogP contribution is -2.38. The van der Waals surface area contributed by atoms with Crippen molar-refractivity contribution in [2.75, 3.05) is 19.7 Å². The average molecular weight is 593 g/mol. The lowest BCUT2D eigenvalue weighted by atomic mass is 9.92. The zero-order valence-corrected chi connectivity index (χ0v) is 24.3. The van der Waals surface area contributed by atoms with E-state index in [1.165, 1.54) is 6.07 Å². The number of aromatic nitrogens is 3. The summed E-state index contributed by atoms with van der Waals surface area (Å²) >= 11 is 5.86. The fourth-order valence-corrected chi connectivity index (χ4v) is 6.15. The molecular weight excluding hydrogens is 559 g/mol. The molecule has 2 aliphatic rings. The number of carbonyl (C=O) groups is 1. The van der Waals surface area contributed by atoms with Crippen molar-refractivity contribution in [2.45, 2.75) is 63.8 Å². The molecule has 2 saturated heterocycles. The van der Waals surface area contributed by atoms with Gasteiger partial charge < -0.3 is 19.1 Å². The van der Waals surface area contributed by atoms with Crippen molar-refractivity contribution < 1.29 is 23.8 Å². The first-order chi connectivity index (χ1) is 20.4. The maximum Gasteiger partial charge on any atom is 0.335 e. The number of pyridine rings is 1. The van der Waals surface area contributed by atoms with Gasteiger partial charge in [-0.15, -0.1) is 0 Å². The third-order valence-corrected chi connectivity index (χ3v) is 8.65. The number of hydrogen-bond acceptors (Lipinski definition) is 6. The lowest BCUT2D eigenvalue weighted by molar-refractivity contribution is -0.0595. The van der Waals surface area contributed by atoms with Crippen LogP contribution in [0.5, 0.6) is 5.88 Å². The van der Waals surface area contributed by atoms with Crippen LogP contribution in [0.1, 0.15) is 72.0 Å². The Morgan fingerprint density at radius 3 is 2.64 bits per heavy atom. The molecule has 0 saturated carbocycles. The number of imidazole rings is 1. The minimum atomic E-state index is -0.944. The van der Waals surface area contributed by atoms with Gasteiger partial charge in [-0.05, 0) is 75.2 Å². The van der Waals surface area contributed by atoms with Crippen molar-refractivity contribution in [1.29, 1.82) is 0 Å². The fourth-order valence-electron chi connectivity index (χ4n) is 5.99. The van der Waals surface area contributed by atoms with E-state index in [0.29, 0.717) is 23.0 Å². The highest BCUT2D eigenvalue weighted by molar-refractivity contribution is 6.30. The Morgan fingerprint density at radius 1 is 1.14 bits per heavy atom. The summed E-state index contributed by atoms with van der Waals surface area (Å²) in [6.45, 7) is 5.45. The second-order valence-corrected chi connectivity index (χ2v) is 11.5. The molecule has 2 fully saturated rings. The Balaban J connectivity index is 1.16. The maximum atomic E-state index is 14.2. The number of carboxylic acid groups (broad SMARTS) is 1. The van der Waals surface area contributed by atoms with Crippen LogP contribution in [0.4, 0.5) is 4.39 Å². The summed E-state index contributed by atoms with van der Waals surface area (Å²) in [6.07, 6.45) is 3.87. The lowest BCUT2D eigenvalue weighted by Gasteiger charge is -2.37. The van der Waals surface area contributed by atoms with Crippen LogP contribution in [0.15, 0.2) is 54.6 Å². The van der Waals surface area contributed by atoms with E-state index in [2.05, 4.69) is 16.4 Å². The molecule has 1 unspecified atom stereocenters. The third kappa shape index (κ3) is 6.00. The second kappa shape index (κ2) is 12.4. The molecule has 2 aliphatic heterocycles. The van der Waals surface area contributed by atoms with Gasteiger partial charge in [0.25, 0.3) is 0 Å². The Kier molecular flexibility index (Phi) is 8.42. The molecular formula is C32H34ClFN4O4. The van der Waals surface area contributed by atoms with Crippen molar-refractivity contribution in [3.8, 4) is 5.88 Å². The topological polar surface area (TPSA) is 89.7 Å². The van der Waals surface area contributed by atoms with Gasteiger partial charge in [0.05, 0.1) is 35.3 Å². The number of hydrogen-bond donors (Lipinski definition) is 1. The fraction of sp³-hybridized carbons (Fsp3) is 0.406. The molecule has 0 amide bonds. The number of likely N-dealkylation sites (tertiary alicyclic amines) is 1. The number of ether oxygens (including phenoxy) is 2. The first-order valence-corrected chi connectivity index (χ1v) is 14.9. The van der Waals surface area contributed by atoms with Crippen molar-refractivity contribution in [2.24, 2.45) is 0 Å². The van der Waals surface area contributed by atoms with E-state index < -0.39 is 11.8 Å². The zero-order chi connectivity index (χ0) is 29.2. The van der Waals surface area contributed by atoms with Crippen LogP contribution in [-0.2, 0) is 17.9 Å². The highest BCUT2D eigenvalue weighted by Gasteiger charge is 2.31. The summed E-state index contributed by atoms with van der Waals surface area (Å²) in [7, 11) is 0. The predicted octanol–water partition coefficient (Wildman–Crippen LogP) is 6.62. The maximum absolute atomic E-state index is 14.2. The minimum absolute atomic E-state index is 0.0803. The van der Waals surface area contributed by atoms with Gasteiger partial charge in [0.1, 0.15) is 18.2 Å². The summed E-state index contributed by atoms with van der Waals surface area (Å²) in [5.74, 6) is 0.387. The van der Waals surface area contributed by atoms with Gasteiger partial charge in [0.2, 0.25) is 5.88 Å². The van der Waals surface area contributed by atoms with Crippen LogP contribution in [0.3, 0.4) is 0 Å². The van der Waals surface area contributed by atoms with E-state index in [0.717, 1.165) is 67.9 Å². The molecule has 0 aliphatic carbocycles. The smallest absolute Gasteiger partial charge is 0.335 e. The van der Waals surface area contributed by atoms with E-state index in [9.17, 15) is 14.3 Å². The molecule has 0 spiro atoms. The quantitative estimate of drug-likeness (QED) is 0.221. The van der Waals surface area contributed by atoms with Crippen molar-refractivity contribution in [1.82, 2.24) is 19.4 Å². The van der Waals surface area contributed by atoms with E-state index in [-0.39, 0.29) is 30.2 Å². The van der Waals surface area contributed by atoms with Crippen molar-refractivity contribution in [3.63, 3.8) is 0 Å². The molecule has 0 radical (unpaired) electrons. The van der Waals surface area contributed by atoms with E-state index in [4.69, 9.17) is 31.0 Å². The molecule has 6 rings (SSSR count). The van der Waals surface area contributed by atoms with Crippen molar-refractivity contribution in [3.05, 3.63) is 88.1 Å². The van der Waals surface area contributed by atoms with Crippen LogP contribution in [0.25, 0.3) is 11.0 Å². The molecule has 1 N–H and O–H groups in total. The Hall–Kier alpha value is -3.53. The second-order valence-electron chi connectivity index (χ2n) is 11.0. The van der Waals surface area contributed by atoms with Gasteiger partial charge >= 0.3 is 5.97 Å². The molecule has 10 heteroatoms. The number of carboxylic acids is 1. The molecule has 2 aromatic heterocycles. The molecule has 220 valence electrons.